The molecule has 2 heterocycles. The highest BCUT2D eigenvalue weighted by molar-refractivity contribution is 5.02. The molecule has 0 aromatic rings. The van der Waals surface area contributed by atoms with E-state index in [0.29, 0.717) is 18.1 Å². The molecule has 0 aromatic heterocycles. The molecule has 2 rings (SSSR count). The van der Waals surface area contributed by atoms with Crippen LogP contribution in [-0.4, -0.2) is 24.3 Å². The Hall–Kier alpha value is -0.0800. The van der Waals surface area contributed by atoms with Crippen LogP contribution in [0.5, 0.6) is 0 Å². The van der Waals surface area contributed by atoms with Crippen LogP contribution in [0.25, 0.3) is 0 Å². The van der Waals surface area contributed by atoms with Crippen LogP contribution < -0.4 is 5.32 Å². The van der Waals surface area contributed by atoms with E-state index in [-0.39, 0.29) is 0 Å². The molecular weight excluding hydrogens is 222 g/mol. The van der Waals surface area contributed by atoms with Crippen molar-refractivity contribution in [1.82, 2.24) is 5.32 Å². The number of rotatable bonds is 7. The Morgan fingerprint density at radius 2 is 1.39 bits per heavy atom. The smallest absolute Gasteiger partial charge is 0.0870 e. The van der Waals surface area contributed by atoms with Gasteiger partial charge in [-0.25, -0.2) is 0 Å². The minimum absolute atomic E-state index is 0.540. The summed E-state index contributed by atoms with van der Waals surface area (Å²) in [6.45, 7) is 13.9. The Balaban J connectivity index is 1.64. The molecule has 0 aromatic carbocycles. The zero-order valence-corrected chi connectivity index (χ0v) is 12.9. The van der Waals surface area contributed by atoms with Gasteiger partial charge in [0, 0.05) is 12.1 Å². The second-order valence-electron chi connectivity index (χ2n) is 7.30. The van der Waals surface area contributed by atoms with E-state index in [9.17, 15) is 0 Å². The molecule has 1 N–H and O–H groups in total. The van der Waals surface area contributed by atoms with E-state index in [2.05, 4.69) is 46.9 Å². The van der Waals surface area contributed by atoms with Gasteiger partial charge in [0.15, 0.2) is 0 Å². The molecule has 2 aliphatic rings. The van der Waals surface area contributed by atoms with Gasteiger partial charge in [0.05, 0.1) is 12.2 Å². The maximum absolute atomic E-state index is 5.79. The Labute approximate surface area is 113 Å². The van der Waals surface area contributed by atoms with Crippen molar-refractivity contribution >= 4 is 0 Å². The lowest BCUT2D eigenvalue weighted by Gasteiger charge is -2.14. The minimum Gasteiger partial charge on any atom is -0.369 e. The third-order valence-electron chi connectivity index (χ3n) is 4.85. The summed E-state index contributed by atoms with van der Waals surface area (Å²) in [5.41, 5.74) is 0. The first-order chi connectivity index (χ1) is 8.41. The van der Waals surface area contributed by atoms with Crippen LogP contribution in [0.15, 0.2) is 0 Å². The molecule has 0 radical (unpaired) electrons. The van der Waals surface area contributed by atoms with E-state index in [1.165, 1.54) is 12.8 Å². The molecule has 6 unspecified atom stereocenters. The lowest BCUT2D eigenvalue weighted by molar-refractivity contribution is 0.291. The van der Waals surface area contributed by atoms with Crippen molar-refractivity contribution in [2.75, 3.05) is 0 Å². The summed E-state index contributed by atoms with van der Waals surface area (Å²) in [7, 11) is 0. The highest BCUT2D eigenvalue weighted by Crippen LogP contribution is 2.38. The molecular formula is C16H31NO. The second kappa shape index (κ2) is 5.50. The molecule has 0 spiro atoms. The summed E-state index contributed by atoms with van der Waals surface area (Å²) in [6, 6.07) is 1.55. The quantitative estimate of drug-likeness (QED) is 0.705. The van der Waals surface area contributed by atoms with Crippen molar-refractivity contribution in [2.45, 2.75) is 78.7 Å². The minimum atomic E-state index is 0.540. The molecule has 18 heavy (non-hydrogen) atoms. The number of ether oxygens (including phenoxy) is 1. The van der Waals surface area contributed by atoms with Crippen LogP contribution in [0.2, 0.25) is 0 Å². The van der Waals surface area contributed by atoms with E-state index >= 15 is 0 Å². The van der Waals surface area contributed by atoms with E-state index in [1.807, 2.05) is 0 Å². The highest BCUT2D eigenvalue weighted by atomic mass is 16.6. The van der Waals surface area contributed by atoms with Gasteiger partial charge in [-0.3, -0.25) is 0 Å². The fraction of sp³-hybridized carbons (Fsp3) is 1.00. The SMILES string of the molecule is CC(C)C1NC1C(C)CCC(C)C1OC1C(C)C. The van der Waals surface area contributed by atoms with E-state index in [1.54, 1.807) is 0 Å². The van der Waals surface area contributed by atoms with Crippen molar-refractivity contribution in [3.8, 4) is 0 Å². The number of nitrogens with one attached hydrogen (secondary N) is 1. The first kappa shape index (κ1) is 14.3. The van der Waals surface area contributed by atoms with E-state index < -0.39 is 0 Å². The van der Waals surface area contributed by atoms with Gasteiger partial charge in [-0.05, 0) is 36.5 Å². The molecule has 2 heteroatoms. The average molecular weight is 253 g/mol. The highest BCUT2D eigenvalue weighted by Gasteiger charge is 2.45. The predicted molar refractivity (Wildman–Crippen MR) is 76.6 cm³/mol. The van der Waals surface area contributed by atoms with Gasteiger partial charge < -0.3 is 10.1 Å². The summed E-state index contributed by atoms with van der Waals surface area (Å²) in [5.74, 6) is 3.02. The van der Waals surface area contributed by atoms with Crippen LogP contribution in [0.4, 0.5) is 0 Å². The normalized spacial score (nSPS) is 38.0. The van der Waals surface area contributed by atoms with E-state index in [4.69, 9.17) is 4.74 Å². The molecule has 6 atom stereocenters. The summed E-state index contributed by atoms with van der Waals surface area (Å²) >= 11 is 0. The topological polar surface area (TPSA) is 34.5 Å². The summed E-state index contributed by atoms with van der Waals surface area (Å²) in [4.78, 5) is 0. The molecule has 0 aliphatic carbocycles. The maximum atomic E-state index is 5.79. The van der Waals surface area contributed by atoms with Gasteiger partial charge in [-0.2, -0.15) is 0 Å². The Morgan fingerprint density at radius 3 is 1.83 bits per heavy atom. The molecule has 2 nitrogen and oxygen atoms in total. The molecule has 106 valence electrons. The van der Waals surface area contributed by atoms with Crippen LogP contribution in [0.1, 0.15) is 54.4 Å². The second-order valence-corrected chi connectivity index (χ2v) is 7.30. The van der Waals surface area contributed by atoms with Gasteiger partial charge in [0.2, 0.25) is 0 Å². The van der Waals surface area contributed by atoms with Gasteiger partial charge in [0.25, 0.3) is 0 Å². The van der Waals surface area contributed by atoms with Gasteiger partial charge in [-0.15, -0.1) is 0 Å². The third-order valence-corrected chi connectivity index (χ3v) is 4.85. The van der Waals surface area contributed by atoms with Crippen molar-refractivity contribution in [1.29, 1.82) is 0 Å². The monoisotopic (exact) mass is 253 g/mol. The number of epoxide rings is 1. The molecule has 0 bridgehead atoms. The maximum Gasteiger partial charge on any atom is 0.0870 e. The Bertz CT molecular complexity index is 248. The molecule has 0 amide bonds. The van der Waals surface area contributed by atoms with Gasteiger partial charge >= 0.3 is 0 Å². The Kier molecular flexibility index (Phi) is 4.38. The summed E-state index contributed by atoms with van der Waals surface area (Å²) in [6.07, 6.45) is 3.74. The predicted octanol–water partition coefficient (Wildman–Crippen LogP) is 3.46. The van der Waals surface area contributed by atoms with E-state index in [0.717, 1.165) is 29.8 Å². The fourth-order valence-electron chi connectivity index (χ4n) is 3.29. The van der Waals surface area contributed by atoms with Gasteiger partial charge in [0.1, 0.15) is 0 Å². The largest absolute Gasteiger partial charge is 0.369 e. The van der Waals surface area contributed by atoms with Crippen molar-refractivity contribution in [2.24, 2.45) is 23.7 Å². The van der Waals surface area contributed by atoms with Crippen molar-refractivity contribution in [3.05, 3.63) is 0 Å². The molecule has 2 saturated heterocycles. The lowest BCUT2D eigenvalue weighted by atomic mass is 9.89. The van der Waals surface area contributed by atoms with Crippen molar-refractivity contribution in [3.63, 3.8) is 0 Å². The standard InChI is InChI=1S/C16H31NO/c1-9(2)13-14(17-13)11(5)7-8-12(6)16-15(18-16)10(3)4/h9-17H,7-8H2,1-6H3. The van der Waals surface area contributed by atoms with Crippen LogP contribution in [0.3, 0.4) is 0 Å². The number of hydrogen-bond donors (Lipinski definition) is 1. The summed E-state index contributed by atoms with van der Waals surface area (Å²) in [5, 5.41) is 3.63. The first-order valence-electron chi connectivity index (χ1n) is 7.83. The third kappa shape index (κ3) is 3.27. The summed E-state index contributed by atoms with van der Waals surface area (Å²) < 4.78 is 5.79. The lowest BCUT2D eigenvalue weighted by Crippen LogP contribution is -2.15. The zero-order valence-electron chi connectivity index (χ0n) is 12.9. The Morgan fingerprint density at radius 1 is 0.778 bits per heavy atom. The van der Waals surface area contributed by atoms with Crippen molar-refractivity contribution < 1.29 is 4.74 Å². The van der Waals surface area contributed by atoms with Crippen LogP contribution in [0, 0.1) is 23.7 Å². The molecule has 2 fully saturated rings. The van der Waals surface area contributed by atoms with Crippen LogP contribution in [-0.2, 0) is 4.74 Å². The fourth-order valence-corrected chi connectivity index (χ4v) is 3.29. The molecule has 2 aliphatic heterocycles. The average Bonchev–Trinajstić information content (AvgIpc) is 3.16. The zero-order chi connectivity index (χ0) is 13.4. The van der Waals surface area contributed by atoms with Gasteiger partial charge in [-0.1, -0.05) is 41.5 Å². The van der Waals surface area contributed by atoms with Crippen LogP contribution >= 0.6 is 0 Å². The molecule has 0 saturated carbocycles. The number of hydrogen-bond acceptors (Lipinski definition) is 2. The first-order valence-corrected chi connectivity index (χ1v) is 7.83.